The van der Waals surface area contributed by atoms with E-state index in [1.54, 1.807) is 0 Å². The lowest BCUT2D eigenvalue weighted by Crippen LogP contribution is -2.39. The molecule has 0 saturated carbocycles. The topological polar surface area (TPSA) is 75.5 Å². The SMILES string of the molecule is CC(CN(C)C)NC(=O)c1ccc([N+](=O)[O-])cc1Cl. The van der Waals surface area contributed by atoms with E-state index in [4.69, 9.17) is 11.6 Å². The van der Waals surface area contributed by atoms with Gasteiger partial charge in [0.05, 0.1) is 15.5 Å². The minimum atomic E-state index is -0.553. The van der Waals surface area contributed by atoms with Gasteiger partial charge in [0, 0.05) is 24.7 Å². The first-order chi connectivity index (χ1) is 8.81. The number of nitrogens with zero attached hydrogens (tertiary/aromatic N) is 2. The second kappa shape index (κ2) is 6.49. The molecule has 104 valence electrons. The molecule has 0 heterocycles. The minimum absolute atomic E-state index is 0.0474. The Kier molecular flexibility index (Phi) is 5.26. The molecule has 0 saturated heterocycles. The van der Waals surface area contributed by atoms with Crippen LogP contribution in [0.15, 0.2) is 18.2 Å². The Morgan fingerprint density at radius 2 is 2.16 bits per heavy atom. The van der Waals surface area contributed by atoms with Crippen molar-refractivity contribution in [3.05, 3.63) is 38.9 Å². The Labute approximate surface area is 116 Å². The summed E-state index contributed by atoms with van der Waals surface area (Å²) in [5.41, 5.74) is 0.0979. The van der Waals surface area contributed by atoms with Gasteiger partial charge in [0.15, 0.2) is 0 Å². The number of nitrogens with one attached hydrogen (secondary N) is 1. The van der Waals surface area contributed by atoms with Gasteiger partial charge in [0.2, 0.25) is 0 Å². The first-order valence-electron chi connectivity index (χ1n) is 5.70. The lowest BCUT2D eigenvalue weighted by molar-refractivity contribution is -0.384. The van der Waals surface area contributed by atoms with Gasteiger partial charge in [-0.1, -0.05) is 11.6 Å². The summed E-state index contributed by atoms with van der Waals surface area (Å²) in [5, 5.41) is 13.4. The van der Waals surface area contributed by atoms with E-state index >= 15 is 0 Å². The van der Waals surface area contributed by atoms with Crippen LogP contribution in [0.3, 0.4) is 0 Å². The zero-order valence-electron chi connectivity index (χ0n) is 11.0. The Balaban J connectivity index is 2.80. The molecule has 1 aromatic rings. The van der Waals surface area contributed by atoms with Crippen LogP contribution >= 0.6 is 11.6 Å². The van der Waals surface area contributed by atoms with E-state index in [0.29, 0.717) is 6.54 Å². The van der Waals surface area contributed by atoms with Gasteiger partial charge in [0.25, 0.3) is 11.6 Å². The number of benzene rings is 1. The second-order valence-corrected chi connectivity index (χ2v) is 4.97. The molecule has 1 rings (SSSR count). The van der Waals surface area contributed by atoms with Crippen LogP contribution in [0.2, 0.25) is 5.02 Å². The quantitative estimate of drug-likeness (QED) is 0.662. The molecule has 0 aliphatic carbocycles. The summed E-state index contributed by atoms with van der Waals surface area (Å²) in [5.74, 6) is -0.339. The number of halogens is 1. The van der Waals surface area contributed by atoms with Gasteiger partial charge in [-0.2, -0.15) is 0 Å². The van der Waals surface area contributed by atoms with E-state index in [9.17, 15) is 14.9 Å². The van der Waals surface area contributed by atoms with Crippen molar-refractivity contribution in [2.24, 2.45) is 0 Å². The normalized spacial score (nSPS) is 12.3. The lowest BCUT2D eigenvalue weighted by atomic mass is 10.2. The summed E-state index contributed by atoms with van der Waals surface area (Å²) < 4.78 is 0. The van der Waals surface area contributed by atoms with Gasteiger partial charge in [-0.15, -0.1) is 0 Å². The van der Waals surface area contributed by atoms with E-state index in [1.165, 1.54) is 18.2 Å². The highest BCUT2D eigenvalue weighted by atomic mass is 35.5. The molecule has 6 nitrogen and oxygen atoms in total. The van der Waals surface area contributed by atoms with Crippen molar-refractivity contribution in [2.45, 2.75) is 13.0 Å². The van der Waals surface area contributed by atoms with Gasteiger partial charge >= 0.3 is 0 Å². The Hall–Kier alpha value is -1.66. The molecule has 0 aliphatic heterocycles. The van der Waals surface area contributed by atoms with Crippen LogP contribution in [-0.2, 0) is 0 Å². The van der Waals surface area contributed by atoms with Crippen LogP contribution in [0, 0.1) is 10.1 Å². The minimum Gasteiger partial charge on any atom is -0.348 e. The van der Waals surface area contributed by atoms with Crippen molar-refractivity contribution in [1.82, 2.24) is 10.2 Å². The summed E-state index contributed by atoms with van der Waals surface area (Å²) in [4.78, 5) is 23.9. The number of hydrogen-bond donors (Lipinski definition) is 1. The van der Waals surface area contributed by atoms with E-state index in [2.05, 4.69) is 5.32 Å². The molecule has 19 heavy (non-hydrogen) atoms. The monoisotopic (exact) mass is 285 g/mol. The maximum atomic E-state index is 12.0. The van der Waals surface area contributed by atoms with E-state index in [0.717, 1.165) is 0 Å². The molecule has 0 aliphatic rings. The molecule has 0 aromatic heterocycles. The van der Waals surface area contributed by atoms with Gasteiger partial charge in [-0.25, -0.2) is 0 Å². The van der Waals surface area contributed by atoms with Gasteiger partial charge < -0.3 is 10.2 Å². The first kappa shape index (κ1) is 15.4. The molecule has 1 amide bonds. The highest BCUT2D eigenvalue weighted by Gasteiger charge is 2.16. The van der Waals surface area contributed by atoms with Crippen molar-refractivity contribution in [2.75, 3.05) is 20.6 Å². The van der Waals surface area contributed by atoms with E-state index in [-0.39, 0.29) is 28.2 Å². The summed E-state index contributed by atoms with van der Waals surface area (Å²) in [6.07, 6.45) is 0. The number of non-ortho nitro benzene ring substituents is 1. The molecule has 1 atom stereocenters. The number of carbonyl (C=O) groups is 1. The van der Waals surface area contributed by atoms with Crippen molar-refractivity contribution >= 4 is 23.2 Å². The molecule has 0 bridgehead atoms. The Bertz CT molecular complexity index is 491. The number of hydrogen-bond acceptors (Lipinski definition) is 4. The average molecular weight is 286 g/mol. The molecule has 1 aromatic carbocycles. The first-order valence-corrected chi connectivity index (χ1v) is 6.08. The molecular weight excluding hydrogens is 270 g/mol. The fraction of sp³-hybridized carbons (Fsp3) is 0.417. The van der Waals surface area contributed by atoms with Gasteiger partial charge in [0.1, 0.15) is 0 Å². The van der Waals surface area contributed by atoms with E-state index in [1.807, 2.05) is 25.9 Å². The third-order valence-corrected chi connectivity index (χ3v) is 2.74. The largest absolute Gasteiger partial charge is 0.348 e. The zero-order chi connectivity index (χ0) is 14.6. The smallest absolute Gasteiger partial charge is 0.270 e. The van der Waals surface area contributed by atoms with Crippen molar-refractivity contribution in [3.63, 3.8) is 0 Å². The number of rotatable bonds is 5. The highest BCUT2D eigenvalue weighted by Crippen LogP contribution is 2.22. The highest BCUT2D eigenvalue weighted by molar-refractivity contribution is 6.34. The fourth-order valence-electron chi connectivity index (χ4n) is 1.70. The summed E-state index contributed by atoms with van der Waals surface area (Å²) in [6, 6.07) is 3.75. The van der Waals surface area contributed by atoms with Crippen LogP contribution in [-0.4, -0.2) is 42.4 Å². The van der Waals surface area contributed by atoms with Crippen LogP contribution in [0.1, 0.15) is 17.3 Å². The molecule has 1 N–H and O–H groups in total. The number of nitro benzene ring substituents is 1. The maximum absolute atomic E-state index is 12.0. The Morgan fingerprint density at radius 1 is 1.53 bits per heavy atom. The summed E-state index contributed by atoms with van der Waals surface area (Å²) in [7, 11) is 3.81. The van der Waals surface area contributed by atoms with Crippen molar-refractivity contribution < 1.29 is 9.72 Å². The molecule has 7 heteroatoms. The third kappa shape index (κ3) is 4.50. The average Bonchev–Trinajstić information content (AvgIpc) is 2.26. The molecule has 0 radical (unpaired) electrons. The van der Waals surface area contributed by atoms with Crippen LogP contribution in [0.4, 0.5) is 5.69 Å². The number of likely N-dealkylation sites (N-methyl/N-ethyl adjacent to an activating group) is 1. The predicted octanol–water partition coefficient (Wildman–Crippen LogP) is 1.93. The lowest BCUT2D eigenvalue weighted by Gasteiger charge is -2.18. The second-order valence-electron chi connectivity index (χ2n) is 4.56. The van der Waals surface area contributed by atoms with E-state index < -0.39 is 4.92 Å². The van der Waals surface area contributed by atoms with Crippen molar-refractivity contribution in [1.29, 1.82) is 0 Å². The van der Waals surface area contributed by atoms with Crippen LogP contribution < -0.4 is 5.32 Å². The zero-order valence-corrected chi connectivity index (χ0v) is 11.8. The van der Waals surface area contributed by atoms with Gasteiger partial charge in [-0.05, 0) is 27.1 Å². The predicted molar refractivity (Wildman–Crippen MR) is 73.6 cm³/mol. The van der Waals surface area contributed by atoms with Crippen LogP contribution in [0.5, 0.6) is 0 Å². The Morgan fingerprint density at radius 3 is 2.63 bits per heavy atom. The standard InChI is InChI=1S/C12H16ClN3O3/c1-8(7-15(2)3)14-12(17)10-5-4-9(16(18)19)6-11(10)13/h4-6,8H,7H2,1-3H3,(H,14,17). The maximum Gasteiger partial charge on any atom is 0.270 e. The molecule has 0 fully saturated rings. The molecule has 1 unspecified atom stereocenters. The number of amides is 1. The van der Waals surface area contributed by atoms with Crippen LogP contribution in [0.25, 0.3) is 0 Å². The van der Waals surface area contributed by atoms with Gasteiger partial charge in [-0.3, -0.25) is 14.9 Å². The van der Waals surface area contributed by atoms with Crippen molar-refractivity contribution in [3.8, 4) is 0 Å². The fourth-order valence-corrected chi connectivity index (χ4v) is 1.96. The number of carbonyl (C=O) groups excluding carboxylic acids is 1. The molecular formula is C12H16ClN3O3. The summed E-state index contributed by atoms with van der Waals surface area (Å²) in [6.45, 7) is 2.56. The summed E-state index contributed by atoms with van der Waals surface area (Å²) >= 11 is 5.88. The molecule has 0 spiro atoms. The third-order valence-electron chi connectivity index (χ3n) is 2.42. The number of nitro groups is 1.